The van der Waals surface area contributed by atoms with E-state index < -0.39 is 11.0 Å². The van der Waals surface area contributed by atoms with Crippen LogP contribution >= 0.6 is 0 Å². The highest BCUT2D eigenvalue weighted by atomic mass is 16.6. The molecule has 0 spiro atoms. The van der Waals surface area contributed by atoms with Crippen molar-refractivity contribution < 1.29 is 14.8 Å². The van der Waals surface area contributed by atoms with Crippen molar-refractivity contribution in [1.29, 1.82) is 0 Å². The van der Waals surface area contributed by atoms with Crippen molar-refractivity contribution >= 4 is 11.5 Å². The molecule has 0 bridgehead atoms. The Balaban J connectivity index is 2.72. The van der Waals surface area contributed by atoms with E-state index >= 15 is 0 Å². The van der Waals surface area contributed by atoms with E-state index in [0.717, 1.165) is 0 Å². The first kappa shape index (κ1) is 15.4. The van der Waals surface area contributed by atoms with Gasteiger partial charge in [-0.2, -0.15) is 5.10 Å². The lowest BCUT2D eigenvalue weighted by atomic mass is 10.2. The van der Waals surface area contributed by atoms with Crippen molar-refractivity contribution in [1.82, 2.24) is 9.78 Å². The number of nitro groups is 1. The summed E-state index contributed by atoms with van der Waals surface area (Å²) in [5, 5.41) is 27.6. The van der Waals surface area contributed by atoms with Gasteiger partial charge in [0.15, 0.2) is 0 Å². The molecule has 8 heteroatoms. The van der Waals surface area contributed by atoms with Crippen LogP contribution in [0.15, 0.2) is 0 Å². The first-order chi connectivity index (χ1) is 9.01. The summed E-state index contributed by atoms with van der Waals surface area (Å²) >= 11 is 0. The highest BCUT2D eigenvalue weighted by molar-refractivity contribution is 5.59. The summed E-state index contributed by atoms with van der Waals surface area (Å²) in [4.78, 5) is 10.6. The van der Waals surface area contributed by atoms with Gasteiger partial charge in [0, 0.05) is 20.7 Å². The van der Waals surface area contributed by atoms with Crippen LogP contribution in [0.4, 0.5) is 11.5 Å². The van der Waals surface area contributed by atoms with Gasteiger partial charge >= 0.3 is 5.69 Å². The molecule has 1 aromatic heterocycles. The molecule has 1 heterocycles. The number of hydrogen-bond acceptors (Lipinski definition) is 6. The largest absolute Gasteiger partial charge is 0.391 e. The molecule has 0 saturated heterocycles. The van der Waals surface area contributed by atoms with Gasteiger partial charge in [0.05, 0.1) is 17.6 Å². The van der Waals surface area contributed by atoms with Gasteiger partial charge in [-0.1, -0.05) is 6.92 Å². The second-order valence-electron chi connectivity index (χ2n) is 4.20. The summed E-state index contributed by atoms with van der Waals surface area (Å²) in [6.07, 6.45) is 0.353. The molecule has 1 atom stereocenters. The lowest BCUT2D eigenvalue weighted by Gasteiger charge is -2.10. The maximum absolute atomic E-state index is 11.1. The number of hydrogen-bond donors (Lipinski definition) is 2. The van der Waals surface area contributed by atoms with E-state index in [4.69, 9.17) is 4.74 Å². The fourth-order valence-electron chi connectivity index (χ4n) is 1.83. The van der Waals surface area contributed by atoms with Gasteiger partial charge in [0.25, 0.3) is 0 Å². The highest BCUT2D eigenvalue weighted by Crippen LogP contribution is 2.28. The summed E-state index contributed by atoms with van der Waals surface area (Å²) in [7, 11) is 3.16. The Bertz CT molecular complexity index is 433. The van der Waals surface area contributed by atoms with Gasteiger partial charge in [-0.25, -0.2) is 4.68 Å². The SMILES string of the molecule is CCc1nn(C)c(NCCC(O)COC)c1[N+](=O)[O-]. The molecule has 1 rings (SSSR count). The normalized spacial score (nSPS) is 12.4. The molecule has 19 heavy (non-hydrogen) atoms. The van der Waals surface area contributed by atoms with Crippen LogP contribution in [0.25, 0.3) is 0 Å². The first-order valence-electron chi connectivity index (χ1n) is 6.12. The van der Waals surface area contributed by atoms with Crippen LogP contribution in [-0.4, -0.2) is 46.2 Å². The van der Waals surface area contributed by atoms with Crippen molar-refractivity contribution in [2.45, 2.75) is 25.9 Å². The quantitative estimate of drug-likeness (QED) is 0.533. The van der Waals surface area contributed by atoms with E-state index in [1.807, 2.05) is 6.92 Å². The van der Waals surface area contributed by atoms with Gasteiger partial charge in [-0.05, 0) is 12.8 Å². The van der Waals surface area contributed by atoms with Crippen LogP contribution in [0, 0.1) is 10.1 Å². The van der Waals surface area contributed by atoms with E-state index in [9.17, 15) is 15.2 Å². The Morgan fingerprint density at radius 1 is 1.63 bits per heavy atom. The summed E-state index contributed by atoms with van der Waals surface area (Å²) < 4.78 is 6.27. The third kappa shape index (κ3) is 3.90. The lowest BCUT2D eigenvalue weighted by molar-refractivity contribution is -0.384. The maximum atomic E-state index is 11.1. The predicted molar refractivity (Wildman–Crippen MR) is 70.2 cm³/mol. The molecule has 0 radical (unpaired) electrons. The molecule has 0 fully saturated rings. The number of aromatic nitrogens is 2. The number of methoxy groups -OCH3 is 1. The van der Waals surface area contributed by atoms with E-state index in [0.29, 0.717) is 30.9 Å². The second kappa shape index (κ2) is 7.05. The summed E-state index contributed by atoms with van der Waals surface area (Å²) in [5.41, 5.74) is 0.457. The number of nitrogens with zero attached hydrogens (tertiary/aromatic N) is 3. The highest BCUT2D eigenvalue weighted by Gasteiger charge is 2.25. The molecule has 8 nitrogen and oxygen atoms in total. The monoisotopic (exact) mass is 272 g/mol. The van der Waals surface area contributed by atoms with Crippen LogP contribution in [-0.2, 0) is 18.2 Å². The Hall–Kier alpha value is -1.67. The average Bonchev–Trinajstić information content (AvgIpc) is 2.66. The van der Waals surface area contributed by atoms with Crippen LogP contribution in [0.1, 0.15) is 19.0 Å². The minimum Gasteiger partial charge on any atom is -0.391 e. The molecule has 0 aliphatic heterocycles. The average molecular weight is 272 g/mol. The number of nitrogens with one attached hydrogen (secondary N) is 1. The van der Waals surface area contributed by atoms with Gasteiger partial charge in [0.1, 0.15) is 5.69 Å². The number of anilines is 1. The number of ether oxygens (including phenoxy) is 1. The molecule has 0 amide bonds. The van der Waals surface area contributed by atoms with Crippen molar-refractivity contribution in [3.63, 3.8) is 0 Å². The zero-order valence-electron chi connectivity index (χ0n) is 11.4. The van der Waals surface area contributed by atoms with Gasteiger partial charge < -0.3 is 15.2 Å². The third-order valence-electron chi connectivity index (χ3n) is 2.74. The molecule has 0 aliphatic carbocycles. The van der Waals surface area contributed by atoms with Crippen molar-refractivity contribution in [3.05, 3.63) is 15.8 Å². The van der Waals surface area contributed by atoms with E-state index in [-0.39, 0.29) is 12.3 Å². The minimum atomic E-state index is -0.588. The summed E-state index contributed by atoms with van der Waals surface area (Å²) in [6.45, 7) is 2.48. The van der Waals surface area contributed by atoms with Gasteiger partial charge in [0.2, 0.25) is 5.82 Å². The zero-order chi connectivity index (χ0) is 14.4. The molecule has 108 valence electrons. The Labute approximate surface area is 111 Å². The minimum absolute atomic E-state index is 0.00577. The molecule has 0 aliphatic rings. The molecule has 0 aromatic carbocycles. The van der Waals surface area contributed by atoms with Crippen LogP contribution in [0.3, 0.4) is 0 Å². The fourth-order valence-corrected chi connectivity index (χ4v) is 1.83. The maximum Gasteiger partial charge on any atom is 0.333 e. The van der Waals surface area contributed by atoms with Gasteiger partial charge in [-0.15, -0.1) is 0 Å². The van der Waals surface area contributed by atoms with Gasteiger partial charge in [-0.3, -0.25) is 10.1 Å². The van der Waals surface area contributed by atoms with E-state index in [1.54, 1.807) is 7.05 Å². The van der Waals surface area contributed by atoms with Crippen LogP contribution < -0.4 is 5.32 Å². The Morgan fingerprint density at radius 2 is 2.32 bits per heavy atom. The number of aliphatic hydroxyl groups excluding tert-OH is 1. The Morgan fingerprint density at radius 3 is 2.84 bits per heavy atom. The molecular weight excluding hydrogens is 252 g/mol. The molecule has 2 N–H and O–H groups in total. The number of rotatable bonds is 8. The second-order valence-corrected chi connectivity index (χ2v) is 4.20. The topological polar surface area (TPSA) is 102 Å². The molecular formula is C11H20N4O4. The standard InChI is InChI=1S/C11H20N4O4/c1-4-9-10(15(17)18)11(14(2)13-9)12-6-5-8(16)7-19-3/h8,12,16H,4-7H2,1-3H3. The summed E-state index contributed by atoms with van der Waals surface area (Å²) in [5.74, 6) is 0.367. The summed E-state index contributed by atoms with van der Waals surface area (Å²) in [6, 6.07) is 0. The number of aryl methyl sites for hydroxylation is 2. The molecule has 1 unspecified atom stereocenters. The third-order valence-corrected chi connectivity index (χ3v) is 2.74. The van der Waals surface area contributed by atoms with Crippen molar-refractivity contribution in [2.75, 3.05) is 25.6 Å². The van der Waals surface area contributed by atoms with Crippen molar-refractivity contribution in [3.8, 4) is 0 Å². The molecule has 1 aromatic rings. The lowest BCUT2D eigenvalue weighted by Crippen LogP contribution is -2.19. The van der Waals surface area contributed by atoms with Crippen LogP contribution in [0.2, 0.25) is 0 Å². The Kier molecular flexibility index (Phi) is 5.71. The van der Waals surface area contributed by atoms with Crippen molar-refractivity contribution in [2.24, 2.45) is 7.05 Å². The fraction of sp³-hybridized carbons (Fsp3) is 0.727. The van der Waals surface area contributed by atoms with E-state index in [2.05, 4.69) is 10.4 Å². The zero-order valence-corrected chi connectivity index (χ0v) is 11.4. The van der Waals surface area contributed by atoms with Crippen LogP contribution in [0.5, 0.6) is 0 Å². The predicted octanol–water partition coefficient (Wildman–Crippen LogP) is 0.700. The molecule has 0 saturated carbocycles. The number of aliphatic hydroxyl groups is 1. The van der Waals surface area contributed by atoms with E-state index in [1.165, 1.54) is 11.8 Å². The smallest absolute Gasteiger partial charge is 0.333 e. The first-order valence-corrected chi connectivity index (χ1v) is 6.12.